The van der Waals surface area contributed by atoms with E-state index in [1.54, 1.807) is 0 Å². The third-order valence-electron chi connectivity index (χ3n) is 5.34. The molecule has 0 fully saturated rings. The predicted molar refractivity (Wildman–Crippen MR) is 123 cm³/mol. The number of carbonyl (C=O) groups excluding carboxylic acids is 1. The number of anilines is 1. The Morgan fingerprint density at radius 3 is 2.48 bits per heavy atom. The van der Waals surface area contributed by atoms with E-state index in [9.17, 15) is 10.1 Å². The predicted octanol–water partition coefficient (Wildman–Crippen LogP) is 6.21. The van der Waals surface area contributed by atoms with Crippen LogP contribution in [0.25, 0.3) is 0 Å². The summed E-state index contributed by atoms with van der Waals surface area (Å²) in [7, 11) is 0. The van der Waals surface area contributed by atoms with Gasteiger partial charge in [-0.3, -0.25) is 9.69 Å². The molecule has 2 heterocycles. The zero-order valence-electron chi connectivity index (χ0n) is 16.0. The first kappa shape index (κ1) is 20.4. The largest absolute Gasteiger partial charge is 0.384 e. The number of halogens is 2. The molecule has 0 saturated carbocycles. The lowest BCUT2D eigenvalue weighted by Gasteiger charge is -2.43. The number of Topliss-reactive ketones (excluding diaryl/α,β-unsaturated/α-hetero) is 1. The van der Waals surface area contributed by atoms with E-state index in [4.69, 9.17) is 5.73 Å². The second-order valence-electron chi connectivity index (χ2n) is 8.12. The maximum Gasteiger partial charge on any atom is 0.162 e. The van der Waals surface area contributed by atoms with Gasteiger partial charge in [-0.05, 0) is 58.1 Å². The second kappa shape index (κ2) is 7.42. The average molecular weight is 533 g/mol. The van der Waals surface area contributed by atoms with Crippen LogP contribution < -0.4 is 10.6 Å². The highest BCUT2D eigenvalue weighted by atomic mass is 79.9. The number of rotatable bonds is 2. The summed E-state index contributed by atoms with van der Waals surface area (Å²) < 4.78 is 1.89. The molecule has 0 spiro atoms. The molecule has 4 rings (SSSR count). The van der Waals surface area contributed by atoms with Gasteiger partial charge in [0, 0.05) is 42.6 Å². The quantitative estimate of drug-likeness (QED) is 0.498. The van der Waals surface area contributed by atoms with Gasteiger partial charge in [-0.25, -0.2) is 0 Å². The van der Waals surface area contributed by atoms with E-state index < -0.39 is 5.92 Å². The monoisotopic (exact) mass is 531 g/mol. The standard InChI is InChI=1S/C22H19Br2N3OS/c1-22(2)8-16-20(17(28)9-22)19(18-7-13(24)11-29-18)15(10-25)21(26)27(16)14-5-3-12(23)4-6-14/h3-7,11,19H,8-9,26H2,1-2H3/t19-/m1/s1. The number of allylic oxidation sites excluding steroid dienone is 3. The topological polar surface area (TPSA) is 70.1 Å². The summed E-state index contributed by atoms with van der Waals surface area (Å²) in [6, 6.07) is 12.1. The van der Waals surface area contributed by atoms with Crippen LogP contribution in [0.15, 0.2) is 67.3 Å². The lowest BCUT2D eigenvalue weighted by Crippen LogP contribution is -2.42. The molecular weight excluding hydrogens is 514 g/mol. The van der Waals surface area contributed by atoms with Gasteiger partial charge in [-0.2, -0.15) is 5.26 Å². The van der Waals surface area contributed by atoms with E-state index in [1.165, 1.54) is 11.3 Å². The number of hydrogen-bond donors (Lipinski definition) is 1. The first-order valence-corrected chi connectivity index (χ1v) is 11.6. The number of thiophene rings is 1. The Labute approximate surface area is 191 Å². The molecule has 7 heteroatoms. The van der Waals surface area contributed by atoms with Crippen molar-refractivity contribution in [2.75, 3.05) is 4.90 Å². The molecule has 0 bridgehead atoms. The number of nitrogens with two attached hydrogens (primary N) is 1. The van der Waals surface area contributed by atoms with Crippen molar-refractivity contribution in [1.29, 1.82) is 5.26 Å². The van der Waals surface area contributed by atoms with Gasteiger partial charge in [-0.1, -0.05) is 29.8 Å². The van der Waals surface area contributed by atoms with Gasteiger partial charge in [0.05, 0.1) is 17.6 Å². The molecule has 2 aromatic rings. The Hall–Kier alpha value is -1.88. The molecule has 2 aliphatic rings. The summed E-state index contributed by atoms with van der Waals surface area (Å²) >= 11 is 8.50. The first-order valence-electron chi connectivity index (χ1n) is 9.17. The summed E-state index contributed by atoms with van der Waals surface area (Å²) in [5, 5.41) is 12.0. The fourth-order valence-corrected chi connectivity index (χ4v) is 5.98. The Kier molecular flexibility index (Phi) is 5.22. The summed E-state index contributed by atoms with van der Waals surface area (Å²) in [5.41, 5.74) is 9.30. The first-order chi connectivity index (χ1) is 13.7. The van der Waals surface area contributed by atoms with E-state index in [2.05, 4.69) is 51.8 Å². The molecule has 1 aromatic heterocycles. The van der Waals surface area contributed by atoms with Crippen LogP contribution in [0.5, 0.6) is 0 Å². The Balaban J connectivity index is 1.99. The summed E-state index contributed by atoms with van der Waals surface area (Å²) in [4.78, 5) is 16.2. The average Bonchev–Trinajstić information content (AvgIpc) is 3.07. The third kappa shape index (κ3) is 3.58. The van der Waals surface area contributed by atoms with E-state index in [-0.39, 0.29) is 11.2 Å². The highest BCUT2D eigenvalue weighted by Crippen LogP contribution is 2.51. The lowest BCUT2D eigenvalue weighted by atomic mass is 9.69. The van der Waals surface area contributed by atoms with Crippen molar-refractivity contribution in [3.05, 3.63) is 72.2 Å². The van der Waals surface area contributed by atoms with Crippen LogP contribution in [-0.2, 0) is 4.79 Å². The van der Waals surface area contributed by atoms with Gasteiger partial charge in [-0.15, -0.1) is 11.3 Å². The lowest BCUT2D eigenvalue weighted by molar-refractivity contribution is -0.118. The SMILES string of the molecule is CC1(C)CC(=O)C2=C(C1)N(c1ccc(Br)cc1)C(N)=C(C#N)[C@@H]2c1cc(Br)cs1. The Morgan fingerprint density at radius 1 is 1.21 bits per heavy atom. The van der Waals surface area contributed by atoms with Crippen molar-refractivity contribution in [3.8, 4) is 6.07 Å². The summed E-state index contributed by atoms with van der Waals surface area (Å²) in [6.07, 6.45) is 1.17. The molecule has 0 unspecified atom stereocenters. The Morgan fingerprint density at radius 2 is 1.90 bits per heavy atom. The van der Waals surface area contributed by atoms with Crippen LogP contribution in [0.3, 0.4) is 0 Å². The molecule has 4 nitrogen and oxygen atoms in total. The number of carbonyl (C=O) groups is 1. The molecule has 2 N–H and O–H groups in total. The number of nitriles is 1. The number of nitrogens with zero attached hydrogens (tertiary/aromatic N) is 2. The van der Waals surface area contributed by atoms with Gasteiger partial charge < -0.3 is 5.73 Å². The zero-order valence-corrected chi connectivity index (χ0v) is 20.0. The molecule has 1 atom stereocenters. The van der Waals surface area contributed by atoms with Crippen LogP contribution in [0.2, 0.25) is 0 Å². The molecule has 1 aromatic carbocycles. The normalized spacial score (nSPS) is 21.3. The van der Waals surface area contributed by atoms with Gasteiger partial charge >= 0.3 is 0 Å². The highest BCUT2D eigenvalue weighted by Gasteiger charge is 2.45. The number of benzene rings is 1. The van der Waals surface area contributed by atoms with Crippen molar-refractivity contribution in [2.45, 2.75) is 32.6 Å². The molecule has 29 heavy (non-hydrogen) atoms. The minimum atomic E-state index is -0.415. The second-order valence-corrected chi connectivity index (χ2v) is 10.9. The van der Waals surface area contributed by atoms with Crippen molar-refractivity contribution >= 4 is 54.7 Å². The molecule has 0 saturated heterocycles. The number of ketones is 1. The number of hydrogen-bond acceptors (Lipinski definition) is 5. The van der Waals surface area contributed by atoms with Crippen molar-refractivity contribution < 1.29 is 4.79 Å². The highest BCUT2D eigenvalue weighted by molar-refractivity contribution is 9.10. The Bertz CT molecular complexity index is 1110. The third-order valence-corrected chi connectivity index (χ3v) is 7.63. The van der Waals surface area contributed by atoms with Crippen molar-refractivity contribution in [2.24, 2.45) is 11.1 Å². The van der Waals surface area contributed by atoms with Crippen LogP contribution in [0.1, 0.15) is 37.5 Å². The van der Waals surface area contributed by atoms with Crippen LogP contribution in [0, 0.1) is 16.7 Å². The maximum atomic E-state index is 13.4. The maximum absolute atomic E-state index is 13.4. The molecule has 0 radical (unpaired) electrons. The fraction of sp³-hybridized carbons (Fsp3) is 0.273. The van der Waals surface area contributed by atoms with E-state index in [1.807, 2.05) is 40.6 Å². The van der Waals surface area contributed by atoms with Gasteiger partial charge in [0.1, 0.15) is 5.82 Å². The van der Waals surface area contributed by atoms with Gasteiger partial charge in [0.2, 0.25) is 0 Å². The summed E-state index contributed by atoms with van der Waals surface area (Å²) in [5.74, 6) is 0.0725. The van der Waals surface area contributed by atoms with E-state index in [0.717, 1.165) is 25.2 Å². The molecular formula is C22H19Br2N3OS. The molecule has 148 valence electrons. The van der Waals surface area contributed by atoms with Gasteiger partial charge in [0.25, 0.3) is 0 Å². The van der Waals surface area contributed by atoms with Gasteiger partial charge in [0.15, 0.2) is 5.78 Å². The zero-order chi connectivity index (χ0) is 20.9. The minimum Gasteiger partial charge on any atom is -0.384 e. The van der Waals surface area contributed by atoms with E-state index in [0.29, 0.717) is 29.8 Å². The molecule has 0 amide bonds. The smallest absolute Gasteiger partial charge is 0.162 e. The molecule has 1 aliphatic carbocycles. The van der Waals surface area contributed by atoms with E-state index >= 15 is 0 Å². The molecule has 1 aliphatic heterocycles. The fourth-order valence-electron chi connectivity index (χ4n) is 4.16. The van der Waals surface area contributed by atoms with Crippen LogP contribution in [-0.4, -0.2) is 5.78 Å². The van der Waals surface area contributed by atoms with Crippen LogP contribution >= 0.6 is 43.2 Å². The van der Waals surface area contributed by atoms with Crippen molar-refractivity contribution in [1.82, 2.24) is 0 Å². The van der Waals surface area contributed by atoms with Crippen molar-refractivity contribution in [3.63, 3.8) is 0 Å². The van der Waals surface area contributed by atoms with Crippen LogP contribution in [0.4, 0.5) is 5.69 Å². The summed E-state index contributed by atoms with van der Waals surface area (Å²) in [6.45, 7) is 4.20. The minimum absolute atomic E-state index is 0.0909.